The van der Waals surface area contributed by atoms with Crippen molar-refractivity contribution >= 4 is 27.7 Å². The van der Waals surface area contributed by atoms with Crippen molar-refractivity contribution in [2.24, 2.45) is 0 Å². The first-order chi connectivity index (χ1) is 16.2. The number of ether oxygens (including phenoxy) is 1. The molecule has 182 valence electrons. The molecular weight excluding hydrogens is 456 g/mol. The molecule has 1 saturated heterocycles. The summed E-state index contributed by atoms with van der Waals surface area (Å²) < 4.78 is 32.7. The lowest BCUT2D eigenvalue weighted by molar-refractivity contribution is -0.153. The Kier molecular flexibility index (Phi) is 8.57. The smallest absolute Gasteiger partial charge is 0.324 e. The number of carbonyl (C=O) groups excluding carboxylic acids is 3. The van der Waals surface area contributed by atoms with Crippen LogP contribution in [-0.2, 0) is 30.8 Å². The second-order valence-electron chi connectivity index (χ2n) is 8.34. The van der Waals surface area contributed by atoms with Gasteiger partial charge in [0, 0.05) is 18.7 Å². The first-order valence-electron chi connectivity index (χ1n) is 11.3. The van der Waals surface area contributed by atoms with Crippen molar-refractivity contribution in [3.8, 4) is 0 Å². The number of amides is 1. The van der Waals surface area contributed by atoms with Crippen molar-refractivity contribution in [3.05, 3.63) is 65.2 Å². The summed E-state index contributed by atoms with van der Waals surface area (Å²) in [6, 6.07) is 12.5. The zero-order chi connectivity index (χ0) is 24.7. The highest BCUT2D eigenvalue weighted by molar-refractivity contribution is 7.89. The highest BCUT2D eigenvalue weighted by Gasteiger charge is 2.38. The lowest BCUT2D eigenvalue weighted by atomic mass is 10.1. The number of piperidine rings is 1. The van der Waals surface area contributed by atoms with E-state index in [4.69, 9.17) is 4.74 Å². The van der Waals surface area contributed by atoms with Crippen LogP contribution in [0.3, 0.4) is 0 Å². The highest BCUT2D eigenvalue weighted by atomic mass is 32.2. The number of hydrogen-bond donors (Lipinski definition) is 1. The van der Waals surface area contributed by atoms with Crippen molar-refractivity contribution in [1.82, 2.24) is 9.62 Å². The van der Waals surface area contributed by atoms with Crippen LogP contribution < -0.4 is 5.32 Å². The summed E-state index contributed by atoms with van der Waals surface area (Å²) >= 11 is 0. The second kappa shape index (κ2) is 11.4. The summed E-state index contributed by atoms with van der Waals surface area (Å²) in [7, 11) is -3.97. The van der Waals surface area contributed by atoms with Gasteiger partial charge in [-0.15, -0.1) is 0 Å². The van der Waals surface area contributed by atoms with E-state index in [1.807, 2.05) is 31.2 Å². The Labute approximate surface area is 200 Å². The Hall–Kier alpha value is -3.04. The third-order valence-electron chi connectivity index (χ3n) is 5.92. The van der Waals surface area contributed by atoms with Gasteiger partial charge < -0.3 is 10.1 Å². The normalized spacial score (nSPS) is 16.6. The second-order valence-corrected chi connectivity index (χ2v) is 10.2. The van der Waals surface area contributed by atoms with Gasteiger partial charge in [-0.3, -0.25) is 14.4 Å². The topological polar surface area (TPSA) is 110 Å². The van der Waals surface area contributed by atoms with Gasteiger partial charge in [-0.05, 0) is 62.8 Å². The van der Waals surface area contributed by atoms with E-state index in [1.54, 1.807) is 0 Å². The van der Waals surface area contributed by atoms with Gasteiger partial charge in [0.05, 0.1) is 4.90 Å². The Morgan fingerprint density at radius 1 is 1.06 bits per heavy atom. The Morgan fingerprint density at radius 2 is 1.76 bits per heavy atom. The molecule has 0 aromatic heterocycles. The number of benzene rings is 2. The zero-order valence-electron chi connectivity index (χ0n) is 19.5. The maximum atomic E-state index is 13.2. The van der Waals surface area contributed by atoms with E-state index >= 15 is 0 Å². The van der Waals surface area contributed by atoms with Gasteiger partial charge in [0.15, 0.2) is 12.4 Å². The van der Waals surface area contributed by atoms with Crippen LogP contribution in [0.25, 0.3) is 0 Å². The van der Waals surface area contributed by atoms with E-state index in [1.165, 1.54) is 31.2 Å². The van der Waals surface area contributed by atoms with E-state index in [0.717, 1.165) is 15.4 Å². The fraction of sp³-hybridized carbons (Fsp3) is 0.400. The van der Waals surface area contributed by atoms with Gasteiger partial charge >= 0.3 is 5.97 Å². The van der Waals surface area contributed by atoms with Crippen LogP contribution in [0.5, 0.6) is 0 Å². The third-order valence-corrected chi connectivity index (χ3v) is 7.84. The number of nitrogens with zero attached hydrogens (tertiary/aromatic N) is 1. The minimum absolute atomic E-state index is 0.00569. The lowest BCUT2D eigenvalue weighted by Gasteiger charge is -2.33. The van der Waals surface area contributed by atoms with Crippen molar-refractivity contribution in [2.75, 3.05) is 19.7 Å². The van der Waals surface area contributed by atoms with E-state index in [9.17, 15) is 22.8 Å². The molecule has 1 fully saturated rings. The lowest BCUT2D eigenvalue weighted by Crippen LogP contribution is -2.49. The maximum absolute atomic E-state index is 13.2. The van der Waals surface area contributed by atoms with Crippen LogP contribution in [0.2, 0.25) is 0 Å². The van der Waals surface area contributed by atoms with E-state index in [0.29, 0.717) is 37.8 Å². The summed E-state index contributed by atoms with van der Waals surface area (Å²) in [4.78, 5) is 36.3. The van der Waals surface area contributed by atoms with Crippen molar-refractivity contribution in [2.45, 2.75) is 50.5 Å². The number of nitrogens with one attached hydrogen (secondary N) is 1. The van der Waals surface area contributed by atoms with Crippen LogP contribution in [0.1, 0.15) is 47.7 Å². The number of Topliss-reactive ketones (excluding diaryl/α,β-unsaturated/α-hetero) is 1. The monoisotopic (exact) mass is 486 g/mol. The van der Waals surface area contributed by atoms with Gasteiger partial charge in [0.2, 0.25) is 10.0 Å². The van der Waals surface area contributed by atoms with Crippen molar-refractivity contribution in [1.29, 1.82) is 0 Å². The van der Waals surface area contributed by atoms with Gasteiger partial charge in [-0.25, -0.2) is 8.42 Å². The SMILES string of the molecule is CC(=O)c1ccc(S(=O)(=O)N2CCCCC2C(=O)OCC(=O)NCCc2ccccc2C)cc1. The molecule has 2 aromatic carbocycles. The van der Waals surface area contributed by atoms with Crippen LogP contribution in [0.4, 0.5) is 0 Å². The molecule has 1 aliphatic heterocycles. The fourth-order valence-electron chi connectivity index (χ4n) is 3.94. The molecule has 9 heteroatoms. The first-order valence-corrected chi connectivity index (χ1v) is 12.7. The number of sulfonamides is 1. The number of carbonyl (C=O) groups is 3. The van der Waals surface area contributed by atoms with E-state index in [2.05, 4.69) is 5.32 Å². The summed E-state index contributed by atoms with van der Waals surface area (Å²) in [5.41, 5.74) is 2.67. The summed E-state index contributed by atoms with van der Waals surface area (Å²) in [6.45, 7) is 3.52. The summed E-state index contributed by atoms with van der Waals surface area (Å²) in [5, 5.41) is 2.72. The number of ketones is 1. The Bertz CT molecular complexity index is 1140. The van der Waals surface area contributed by atoms with Gasteiger partial charge in [0.25, 0.3) is 5.91 Å². The van der Waals surface area contributed by atoms with Crippen LogP contribution in [0, 0.1) is 6.92 Å². The number of hydrogen-bond acceptors (Lipinski definition) is 6. The van der Waals surface area contributed by atoms with Crippen molar-refractivity contribution < 1.29 is 27.5 Å². The Balaban J connectivity index is 1.57. The number of esters is 1. The molecular formula is C25H30N2O6S. The summed E-state index contributed by atoms with van der Waals surface area (Å²) in [6.07, 6.45) is 2.27. The average Bonchev–Trinajstić information content (AvgIpc) is 2.83. The predicted octanol–water partition coefficient (Wildman–Crippen LogP) is 2.64. The molecule has 0 saturated carbocycles. The molecule has 2 aromatic rings. The molecule has 1 amide bonds. The number of rotatable bonds is 9. The molecule has 0 aliphatic carbocycles. The largest absolute Gasteiger partial charge is 0.454 e. The van der Waals surface area contributed by atoms with Crippen LogP contribution >= 0.6 is 0 Å². The molecule has 1 aliphatic rings. The highest BCUT2D eigenvalue weighted by Crippen LogP contribution is 2.26. The quantitative estimate of drug-likeness (QED) is 0.431. The summed E-state index contributed by atoms with van der Waals surface area (Å²) in [5.74, 6) is -1.34. The molecule has 1 N–H and O–H groups in total. The van der Waals surface area contributed by atoms with Crippen molar-refractivity contribution in [3.63, 3.8) is 0 Å². The minimum Gasteiger partial charge on any atom is -0.454 e. The maximum Gasteiger partial charge on any atom is 0.324 e. The predicted molar refractivity (Wildman–Crippen MR) is 127 cm³/mol. The van der Waals surface area contributed by atoms with Gasteiger partial charge in [-0.1, -0.05) is 36.4 Å². The molecule has 3 rings (SSSR count). The van der Waals surface area contributed by atoms with Gasteiger partial charge in [0.1, 0.15) is 6.04 Å². The molecule has 0 bridgehead atoms. The fourth-order valence-corrected chi connectivity index (χ4v) is 5.58. The van der Waals surface area contributed by atoms with E-state index in [-0.39, 0.29) is 17.2 Å². The molecule has 1 heterocycles. The van der Waals surface area contributed by atoms with Gasteiger partial charge in [-0.2, -0.15) is 4.31 Å². The first kappa shape index (κ1) is 25.6. The molecule has 0 spiro atoms. The molecule has 34 heavy (non-hydrogen) atoms. The average molecular weight is 487 g/mol. The van der Waals surface area contributed by atoms with Crippen LogP contribution in [-0.4, -0.2) is 56.1 Å². The van der Waals surface area contributed by atoms with Crippen LogP contribution in [0.15, 0.2) is 53.4 Å². The molecule has 1 unspecified atom stereocenters. The standard InChI is InChI=1S/C25H30N2O6S/c1-18-7-3-4-8-20(18)14-15-26-24(29)17-33-25(30)23-9-5-6-16-27(23)34(31,32)22-12-10-21(11-13-22)19(2)28/h3-4,7-8,10-13,23H,5-6,9,14-17H2,1-2H3,(H,26,29). The molecule has 1 atom stereocenters. The minimum atomic E-state index is -3.97. The molecule has 8 nitrogen and oxygen atoms in total. The Morgan fingerprint density at radius 3 is 2.44 bits per heavy atom. The number of aryl methyl sites for hydroxylation is 1. The molecule has 0 radical (unpaired) electrons. The van der Waals surface area contributed by atoms with E-state index < -0.39 is 34.5 Å². The zero-order valence-corrected chi connectivity index (χ0v) is 20.3. The third kappa shape index (κ3) is 6.30.